The highest BCUT2D eigenvalue weighted by Gasteiger charge is 2.25. The number of rotatable bonds is 4. The Morgan fingerprint density at radius 2 is 1.90 bits per heavy atom. The van der Waals surface area contributed by atoms with Gasteiger partial charge in [-0.05, 0) is 30.7 Å². The quantitative estimate of drug-likeness (QED) is 0.900. The Hall–Kier alpha value is -1.90. The maximum Gasteiger partial charge on any atom is 0.253 e. The first-order valence-electron chi connectivity index (χ1n) is 7.34. The van der Waals surface area contributed by atoms with Crippen LogP contribution in [0.15, 0.2) is 24.3 Å². The van der Waals surface area contributed by atoms with Crippen LogP contribution < -0.4 is 0 Å². The van der Waals surface area contributed by atoms with E-state index in [9.17, 15) is 9.90 Å². The van der Waals surface area contributed by atoms with E-state index < -0.39 is 0 Å². The predicted octanol–water partition coefficient (Wildman–Crippen LogP) is 1.09. The zero-order chi connectivity index (χ0) is 15.2. The number of amides is 1. The Labute approximate surface area is 125 Å². The molecule has 1 fully saturated rings. The summed E-state index contributed by atoms with van der Waals surface area (Å²) in [7, 11) is 0. The lowest BCUT2D eigenvalue weighted by molar-refractivity contribution is 0.0472. The minimum Gasteiger partial charge on any atom is -0.395 e. The number of hydrogen-bond acceptors (Lipinski definition) is 4. The summed E-state index contributed by atoms with van der Waals surface area (Å²) >= 11 is 0. The molecule has 0 saturated carbocycles. The van der Waals surface area contributed by atoms with E-state index in [-0.39, 0.29) is 18.6 Å². The highest BCUT2D eigenvalue weighted by atomic mass is 16.3. The molecule has 21 heavy (non-hydrogen) atoms. The van der Waals surface area contributed by atoms with Crippen LogP contribution >= 0.6 is 0 Å². The SMILES string of the molecule is CCC(CO)N1CCN(C(=O)c2ccc(C#N)cc2)CC1. The van der Waals surface area contributed by atoms with Gasteiger partial charge in [-0.2, -0.15) is 5.26 Å². The van der Waals surface area contributed by atoms with E-state index in [2.05, 4.69) is 11.8 Å². The van der Waals surface area contributed by atoms with E-state index in [1.807, 2.05) is 11.0 Å². The van der Waals surface area contributed by atoms with Crippen LogP contribution in [-0.2, 0) is 0 Å². The highest BCUT2D eigenvalue weighted by Crippen LogP contribution is 2.13. The van der Waals surface area contributed by atoms with Gasteiger partial charge in [-0.15, -0.1) is 0 Å². The number of hydrogen-bond donors (Lipinski definition) is 1. The van der Waals surface area contributed by atoms with Gasteiger partial charge in [-0.1, -0.05) is 6.92 Å². The van der Waals surface area contributed by atoms with Gasteiger partial charge in [0.2, 0.25) is 0 Å². The topological polar surface area (TPSA) is 67.6 Å². The molecule has 1 aromatic carbocycles. The van der Waals surface area contributed by atoms with Crippen molar-refractivity contribution in [1.29, 1.82) is 5.26 Å². The third kappa shape index (κ3) is 3.60. The van der Waals surface area contributed by atoms with Gasteiger partial charge in [0.05, 0.1) is 18.2 Å². The number of nitriles is 1. The normalized spacial score (nSPS) is 17.3. The van der Waals surface area contributed by atoms with E-state index in [4.69, 9.17) is 5.26 Å². The summed E-state index contributed by atoms with van der Waals surface area (Å²) in [5.41, 5.74) is 1.18. The summed E-state index contributed by atoms with van der Waals surface area (Å²) in [5, 5.41) is 18.1. The maximum atomic E-state index is 12.4. The fourth-order valence-electron chi connectivity index (χ4n) is 2.66. The van der Waals surface area contributed by atoms with Gasteiger partial charge in [0.15, 0.2) is 0 Å². The molecule has 1 aromatic rings. The van der Waals surface area contributed by atoms with E-state index >= 15 is 0 Å². The van der Waals surface area contributed by atoms with Gasteiger partial charge in [0.1, 0.15) is 0 Å². The molecule has 1 unspecified atom stereocenters. The van der Waals surface area contributed by atoms with Gasteiger partial charge in [0, 0.05) is 37.8 Å². The molecule has 0 spiro atoms. The van der Waals surface area contributed by atoms with Crippen molar-refractivity contribution in [2.24, 2.45) is 0 Å². The van der Waals surface area contributed by atoms with Crippen LogP contribution in [0.1, 0.15) is 29.3 Å². The molecule has 1 atom stereocenters. The van der Waals surface area contributed by atoms with Crippen molar-refractivity contribution in [1.82, 2.24) is 9.80 Å². The first-order chi connectivity index (χ1) is 10.2. The smallest absolute Gasteiger partial charge is 0.253 e. The third-order valence-electron chi connectivity index (χ3n) is 4.06. The van der Waals surface area contributed by atoms with Crippen molar-refractivity contribution in [3.05, 3.63) is 35.4 Å². The van der Waals surface area contributed by atoms with Crippen molar-refractivity contribution >= 4 is 5.91 Å². The number of piperazine rings is 1. The number of nitrogens with zero attached hydrogens (tertiary/aromatic N) is 3. The largest absolute Gasteiger partial charge is 0.395 e. The van der Waals surface area contributed by atoms with Crippen molar-refractivity contribution in [3.63, 3.8) is 0 Å². The Kier molecular flexibility index (Phi) is 5.32. The summed E-state index contributed by atoms with van der Waals surface area (Å²) in [5.74, 6) is 0.0104. The molecule has 1 heterocycles. The van der Waals surface area contributed by atoms with Crippen LogP contribution in [0, 0.1) is 11.3 Å². The van der Waals surface area contributed by atoms with E-state index in [0.717, 1.165) is 19.5 Å². The van der Waals surface area contributed by atoms with Crippen LogP contribution in [-0.4, -0.2) is 59.6 Å². The predicted molar refractivity (Wildman–Crippen MR) is 79.8 cm³/mol. The van der Waals surface area contributed by atoms with E-state index in [1.165, 1.54) is 0 Å². The lowest BCUT2D eigenvalue weighted by Crippen LogP contribution is -2.52. The number of benzene rings is 1. The Bertz CT molecular complexity index is 509. The molecule has 1 saturated heterocycles. The summed E-state index contributed by atoms with van der Waals surface area (Å²) < 4.78 is 0. The molecule has 112 valence electrons. The molecule has 1 N–H and O–H groups in total. The van der Waals surface area contributed by atoms with Gasteiger partial charge in [0.25, 0.3) is 5.91 Å². The molecule has 0 aliphatic carbocycles. The van der Waals surface area contributed by atoms with Gasteiger partial charge < -0.3 is 10.0 Å². The molecule has 1 aliphatic rings. The Morgan fingerprint density at radius 3 is 2.38 bits per heavy atom. The summed E-state index contributed by atoms with van der Waals surface area (Å²) in [6, 6.07) is 8.99. The van der Waals surface area contributed by atoms with Crippen LogP contribution in [0.25, 0.3) is 0 Å². The molecule has 5 nitrogen and oxygen atoms in total. The fraction of sp³-hybridized carbons (Fsp3) is 0.500. The molecule has 2 rings (SSSR count). The Morgan fingerprint density at radius 1 is 1.29 bits per heavy atom. The van der Waals surface area contributed by atoms with Gasteiger partial charge >= 0.3 is 0 Å². The first kappa shape index (κ1) is 15.5. The molecular weight excluding hydrogens is 266 g/mol. The van der Waals surface area contributed by atoms with E-state index in [0.29, 0.717) is 24.2 Å². The first-order valence-corrected chi connectivity index (χ1v) is 7.34. The second kappa shape index (κ2) is 7.21. The van der Waals surface area contributed by atoms with Crippen LogP contribution in [0.2, 0.25) is 0 Å². The zero-order valence-corrected chi connectivity index (χ0v) is 12.3. The molecule has 0 radical (unpaired) electrons. The average molecular weight is 287 g/mol. The molecular formula is C16H21N3O2. The number of carbonyl (C=O) groups excluding carboxylic acids is 1. The lowest BCUT2D eigenvalue weighted by Gasteiger charge is -2.38. The number of aliphatic hydroxyl groups excluding tert-OH is 1. The standard InChI is InChI=1S/C16H21N3O2/c1-2-15(12-20)18-7-9-19(10-8-18)16(21)14-5-3-13(11-17)4-6-14/h3-6,15,20H,2,7-10,12H2,1H3. The molecule has 1 aliphatic heterocycles. The highest BCUT2D eigenvalue weighted by molar-refractivity contribution is 5.94. The van der Waals surface area contributed by atoms with Crippen molar-refractivity contribution in [2.75, 3.05) is 32.8 Å². The van der Waals surface area contributed by atoms with Crippen LogP contribution in [0.3, 0.4) is 0 Å². The summed E-state index contributed by atoms with van der Waals surface area (Å²) in [6.07, 6.45) is 0.917. The minimum absolute atomic E-state index is 0.0104. The summed E-state index contributed by atoms with van der Waals surface area (Å²) in [4.78, 5) is 16.5. The second-order valence-electron chi connectivity index (χ2n) is 5.26. The number of carbonyl (C=O) groups is 1. The zero-order valence-electron chi connectivity index (χ0n) is 12.3. The number of aliphatic hydroxyl groups is 1. The Balaban J connectivity index is 1.95. The fourth-order valence-corrected chi connectivity index (χ4v) is 2.66. The maximum absolute atomic E-state index is 12.4. The van der Waals surface area contributed by atoms with Crippen LogP contribution in [0.4, 0.5) is 0 Å². The minimum atomic E-state index is 0.0104. The average Bonchev–Trinajstić information content (AvgIpc) is 2.56. The monoisotopic (exact) mass is 287 g/mol. The second-order valence-corrected chi connectivity index (χ2v) is 5.26. The van der Waals surface area contributed by atoms with E-state index in [1.54, 1.807) is 24.3 Å². The summed E-state index contributed by atoms with van der Waals surface area (Å²) in [6.45, 7) is 5.17. The molecule has 0 aromatic heterocycles. The lowest BCUT2D eigenvalue weighted by atomic mass is 10.1. The molecule has 0 bridgehead atoms. The van der Waals surface area contributed by atoms with Gasteiger partial charge in [-0.25, -0.2) is 0 Å². The van der Waals surface area contributed by atoms with Gasteiger partial charge in [-0.3, -0.25) is 9.69 Å². The molecule has 5 heteroatoms. The van der Waals surface area contributed by atoms with Crippen molar-refractivity contribution in [3.8, 4) is 6.07 Å². The van der Waals surface area contributed by atoms with Crippen LogP contribution in [0.5, 0.6) is 0 Å². The molecule has 1 amide bonds. The van der Waals surface area contributed by atoms with Crippen molar-refractivity contribution in [2.45, 2.75) is 19.4 Å². The third-order valence-corrected chi connectivity index (χ3v) is 4.06. The van der Waals surface area contributed by atoms with Crippen molar-refractivity contribution < 1.29 is 9.90 Å².